The number of benzene rings is 2. The first-order valence-corrected chi connectivity index (χ1v) is 9.46. The number of carboxylic acid groups (broad SMARTS) is 1. The van der Waals surface area contributed by atoms with Gasteiger partial charge in [-0.25, -0.2) is 4.99 Å². The van der Waals surface area contributed by atoms with Crippen molar-refractivity contribution in [2.75, 3.05) is 6.54 Å². The van der Waals surface area contributed by atoms with E-state index in [4.69, 9.17) is 5.11 Å². The van der Waals surface area contributed by atoms with E-state index < -0.39 is 18.4 Å². The van der Waals surface area contributed by atoms with Crippen molar-refractivity contribution in [2.24, 2.45) is 4.99 Å². The maximum Gasteiger partial charge on any atom is 0.322 e. The predicted octanol–water partition coefficient (Wildman–Crippen LogP) is 3.45. The largest absolute Gasteiger partial charge is 0.480 e. The van der Waals surface area contributed by atoms with E-state index in [1.165, 1.54) is 11.3 Å². The van der Waals surface area contributed by atoms with Crippen molar-refractivity contribution < 1.29 is 14.7 Å². The van der Waals surface area contributed by atoms with Gasteiger partial charge in [-0.1, -0.05) is 36.4 Å². The summed E-state index contributed by atoms with van der Waals surface area (Å²) in [7, 11) is 0. The van der Waals surface area contributed by atoms with Crippen LogP contribution < -0.4 is 10.1 Å². The molecule has 1 heterocycles. The van der Waals surface area contributed by atoms with E-state index in [0.29, 0.717) is 17.8 Å². The minimum Gasteiger partial charge on any atom is -0.480 e. The number of amides is 1. The molecule has 0 saturated heterocycles. The number of aliphatic carboxylic acids is 1. The number of carbonyl (C=O) groups is 2. The summed E-state index contributed by atoms with van der Waals surface area (Å²) in [6, 6.07) is 16.8. The summed E-state index contributed by atoms with van der Waals surface area (Å²) in [4.78, 5) is 28.0. The van der Waals surface area contributed by atoms with Gasteiger partial charge < -0.3 is 15.0 Å². The second-order valence-corrected chi connectivity index (χ2v) is 6.74. The van der Waals surface area contributed by atoms with Crippen LogP contribution in [0.2, 0.25) is 0 Å². The smallest absolute Gasteiger partial charge is 0.322 e. The highest BCUT2D eigenvalue weighted by molar-refractivity contribution is 7.07. The van der Waals surface area contributed by atoms with Gasteiger partial charge >= 0.3 is 5.97 Å². The zero-order chi connectivity index (χ0) is 19.9. The van der Waals surface area contributed by atoms with Crippen molar-refractivity contribution in [1.29, 1.82) is 0 Å². The Morgan fingerprint density at radius 1 is 1.14 bits per heavy atom. The SMILES string of the molecule is C=CCn1c(-c2ccccc2)csc1=Nc1ccc(C(=O)NCC(=O)O)cc1. The molecule has 142 valence electrons. The first-order chi connectivity index (χ1) is 13.6. The lowest BCUT2D eigenvalue weighted by atomic mass is 10.2. The first-order valence-electron chi connectivity index (χ1n) is 8.58. The van der Waals surface area contributed by atoms with Crippen LogP contribution in [0.25, 0.3) is 11.3 Å². The summed E-state index contributed by atoms with van der Waals surface area (Å²) in [6.45, 7) is 4.05. The topological polar surface area (TPSA) is 83.7 Å². The highest BCUT2D eigenvalue weighted by Crippen LogP contribution is 2.20. The summed E-state index contributed by atoms with van der Waals surface area (Å²) in [5.74, 6) is -1.52. The second kappa shape index (κ2) is 8.96. The number of allylic oxidation sites excluding steroid dienone is 1. The molecule has 3 rings (SSSR count). The summed E-state index contributed by atoms with van der Waals surface area (Å²) in [5, 5.41) is 13.0. The first kappa shape index (κ1) is 19.3. The molecule has 0 atom stereocenters. The van der Waals surface area contributed by atoms with Crippen molar-refractivity contribution in [3.05, 3.63) is 83.0 Å². The fraction of sp³-hybridized carbons (Fsp3) is 0.0952. The van der Waals surface area contributed by atoms with Crippen LogP contribution >= 0.6 is 11.3 Å². The third-order valence-electron chi connectivity index (χ3n) is 3.93. The number of hydrogen-bond donors (Lipinski definition) is 2. The average Bonchev–Trinajstić information content (AvgIpc) is 3.10. The average molecular weight is 393 g/mol. The lowest BCUT2D eigenvalue weighted by Gasteiger charge is -2.06. The predicted molar refractivity (Wildman–Crippen MR) is 110 cm³/mol. The van der Waals surface area contributed by atoms with Crippen LogP contribution in [0, 0.1) is 0 Å². The lowest BCUT2D eigenvalue weighted by Crippen LogP contribution is -2.29. The molecule has 2 aromatic carbocycles. The van der Waals surface area contributed by atoms with Gasteiger partial charge in [0.15, 0.2) is 4.80 Å². The Morgan fingerprint density at radius 2 is 1.86 bits per heavy atom. The van der Waals surface area contributed by atoms with Crippen molar-refractivity contribution in [2.45, 2.75) is 6.54 Å². The van der Waals surface area contributed by atoms with Crippen LogP contribution in [0.15, 0.2) is 77.6 Å². The van der Waals surface area contributed by atoms with Crippen molar-refractivity contribution in [3.8, 4) is 11.3 Å². The van der Waals surface area contributed by atoms with Gasteiger partial charge in [0.2, 0.25) is 0 Å². The summed E-state index contributed by atoms with van der Waals surface area (Å²) >= 11 is 1.53. The Labute approximate surface area is 166 Å². The maximum absolute atomic E-state index is 11.9. The van der Waals surface area contributed by atoms with Gasteiger partial charge in [0.1, 0.15) is 6.54 Å². The minimum absolute atomic E-state index is 0.385. The van der Waals surface area contributed by atoms with E-state index in [9.17, 15) is 9.59 Å². The van der Waals surface area contributed by atoms with E-state index in [1.54, 1.807) is 24.3 Å². The molecule has 0 spiro atoms. The second-order valence-electron chi connectivity index (χ2n) is 5.90. The van der Waals surface area contributed by atoms with Gasteiger partial charge in [0.25, 0.3) is 5.91 Å². The van der Waals surface area contributed by atoms with Crippen LogP contribution in [0.3, 0.4) is 0 Å². The molecule has 6 nitrogen and oxygen atoms in total. The molecule has 3 aromatic rings. The number of nitrogens with zero attached hydrogens (tertiary/aromatic N) is 2. The minimum atomic E-state index is -1.08. The number of carboxylic acids is 1. The van der Waals surface area contributed by atoms with Gasteiger partial charge in [-0.05, 0) is 29.8 Å². The van der Waals surface area contributed by atoms with Crippen LogP contribution in [0.4, 0.5) is 5.69 Å². The number of carbonyl (C=O) groups excluding carboxylic acids is 1. The molecule has 1 aromatic heterocycles. The highest BCUT2D eigenvalue weighted by atomic mass is 32.1. The van der Waals surface area contributed by atoms with E-state index in [1.807, 2.05) is 24.3 Å². The standard InChI is InChI=1S/C21H19N3O3S/c1-2-12-24-18(15-6-4-3-5-7-15)14-28-21(24)23-17-10-8-16(9-11-17)20(27)22-13-19(25)26/h2-11,14H,1,12-13H2,(H,22,27)(H,25,26). The molecular weight excluding hydrogens is 374 g/mol. The summed E-state index contributed by atoms with van der Waals surface area (Å²) in [6.07, 6.45) is 1.83. The zero-order valence-electron chi connectivity index (χ0n) is 15.0. The molecule has 0 bridgehead atoms. The van der Waals surface area contributed by atoms with Gasteiger partial charge in [-0.15, -0.1) is 17.9 Å². The van der Waals surface area contributed by atoms with Gasteiger partial charge in [-0.2, -0.15) is 0 Å². The number of hydrogen-bond acceptors (Lipinski definition) is 4. The molecule has 28 heavy (non-hydrogen) atoms. The fourth-order valence-electron chi connectivity index (χ4n) is 2.62. The van der Waals surface area contributed by atoms with E-state index in [2.05, 4.69) is 39.0 Å². The molecule has 0 unspecified atom stereocenters. The van der Waals surface area contributed by atoms with Crippen LogP contribution in [-0.2, 0) is 11.3 Å². The van der Waals surface area contributed by atoms with Crippen LogP contribution in [0.5, 0.6) is 0 Å². The Bertz CT molecular complexity index is 1050. The molecule has 0 saturated carbocycles. The molecule has 2 N–H and O–H groups in total. The summed E-state index contributed by atoms with van der Waals surface area (Å²) < 4.78 is 2.08. The highest BCUT2D eigenvalue weighted by Gasteiger charge is 2.08. The third-order valence-corrected chi connectivity index (χ3v) is 4.80. The molecule has 1 amide bonds. The molecule has 0 aliphatic heterocycles. The van der Waals surface area contributed by atoms with Gasteiger partial charge in [0, 0.05) is 17.5 Å². The monoisotopic (exact) mass is 393 g/mol. The molecular formula is C21H19N3O3S. The van der Waals surface area contributed by atoms with Gasteiger partial charge in [0.05, 0.1) is 11.4 Å². The van der Waals surface area contributed by atoms with Gasteiger partial charge in [-0.3, -0.25) is 9.59 Å². The number of rotatable bonds is 7. The Morgan fingerprint density at radius 3 is 2.50 bits per heavy atom. The molecule has 0 aliphatic carbocycles. The zero-order valence-corrected chi connectivity index (χ0v) is 15.9. The van der Waals surface area contributed by atoms with Crippen molar-refractivity contribution >= 4 is 28.9 Å². The van der Waals surface area contributed by atoms with Crippen LogP contribution in [0.1, 0.15) is 10.4 Å². The van der Waals surface area contributed by atoms with E-state index in [-0.39, 0.29) is 0 Å². The third kappa shape index (κ3) is 4.63. The van der Waals surface area contributed by atoms with E-state index >= 15 is 0 Å². The summed E-state index contributed by atoms with van der Waals surface area (Å²) in [5.41, 5.74) is 3.26. The van der Waals surface area contributed by atoms with Crippen molar-refractivity contribution in [1.82, 2.24) is 9.88 Å². The number of aromatic nitrogens is 1. The Hall–Kier alpha value is -3.45. The Kier molecular flexibility index (Phi) is 6.18. The number of nitrogens with one attached hydrogen (secondary N) is 1. The normalized spacial score (nSPS) is 11.2. The van der Waals surface area contributed by atoms with E-state index in [0.717, 1.165) is 16.1 Å². The fourth-order valence-corrected chi connectivity index (χ4v) is 3.56. The molecule has 0 fully saturated rings. The molecule has 0 radical (unpaired) electrons. The number of thiazole rings is 1. The van der Waals surface area contributed by atoms with Crippen molar-refractivity contribution in [3.63, 3.8) is 0 Å². The van der Waals surface area contributed by atoms with Crippen LogP contribution in [-0.4, -0.2) is 28.1 Å². The molecule has 7 heteroatoms. The Balaban J connectivity index is 1.89. The lowest BCUT2D eigenvalue weighted by molar-refractivity contribution is -0.135. The quantitative estimate of drug-likeness (QED) is 0.603. The molecule has 0 aliphatic rings. The maximum atomic E-state index is 11.9.